The molecule has 1 nitrogen and oxygen atoms in total. The van der Waals surface area contributed by atoms with E-state index >= 15 is 0 Å². The average Bonchev–Trinajstić information content (AvgIpc) is 2.29. The lowest BCUT2D eigenvalue weighted by atomic mass is 9.91. The van der Waals surface area contributed by atoms with E-state index in [1.807, 2.05) is 24.3 Å². The van der Waals surface area contributed by atoms with E-state index in [9.17, 15) is 4.39 Å². The summed E-state index contributed by atoms with van der Waals surface area (Å²) in [4.78, 5) is 0. The van der Waals surface area contributed by atoms with E-state index in [-0.39, 0.29) is 6.04 Å². The number of alkyl halides is 1. The van der Waals surface area contributed by atoms with Crippen molar-refractivity contribution in [1.29, 1.82) is 0 Å². The lowest BCUT2D eigenvalue weighted by Crippen LogP contribution is -2.37. The van der Waals surface area contributed by atoms with E-state index in [0.29, 0.717) is 0 Å². The van der Waals surface area contributed by atoms with Crippen molar-refractivity contribution in [2.24, 2.45) is 0 Å². The van der Waals surface area contributed by atoms with Crippen molar-refractivity contribution in [2.75, 3.05) is 0 Å². The second-order valence-electron chi connectivity index (χ2n) is 4.23. The Kier molecular flexibility index (Phi) is 3.37. The van der Waals surface area contributed by atoms with Crippen LogP contribution in [0.4, 0.5) is 4.39 Å². The van der Waals surface area contributed by atoms with E-state index in [1.165, 1.54) is 0 Å². The Morgan fingerprint density at radius 1 is 1.40 bits per heavy atom. The van der Waals surface area contributed by atoms with Crippen molar-refractivity contribution in [3.05, 3.63) is 35.4 Å². The number of hydrogen-bond donors (Lipinski definition) is 1. The fourth-order valence-electron chi connectivity index (χ4n) is 2.20. The fraction of sp³-hybridized carbons (Fsp3) is 0.538. The zero-order valence-electron chi connectivity index (χ0n) is 9.17. The van der Waals surface area contributed by atoms with Crippen LogP contribution in [-0.2, 0) is 6.54 Å². The zero-order chi connectivity index (χ0) is 10.7. The van der Waals surface area contributed by atoms with Gasteiger partial charge in [-0.2, -0.15) is 0 Å². The predicted molar refractivity (Wildman–Crippen MR) is 60.4 cm³/mol. The van der Waals surface area contributed by atoms with Crippen molar-refractivity contribution in [1.82, 2.24) is 5.32 Å². The highest BCUT2D eigenvalue weighted by molar-refractivity contribution is 5.32. The Morgan fingerprint density at radius 3 is 3.00 bits per heavy atom. The molecule has 0 fully saturated rings. The molecular weight excluding hydrogens is 189 g/mol. The molecule has 1 aliphatic heterocycles. The quantitative estimate of drug-likeness (QED) is 0.801. The van der Waals surface area contributed by atoms with Crippen molar-refractivity contribution in [3.8, 4) is 0 Å². The van der Waals surface area contributed by atoms with Gasteiger partial charge >= 0.3 is 0 Å². The first-order valence-corrected chi connectivity index (χ1v) is 5.78. The number of rotatable bonds is 3. The normalized spacial score (nSPS) is 24.9. The molecule has 1 aliphatic rings. The van der Waals surface area contributed by atoms with Gasteiger partial charge in [-0.3, -0.25) is 0 Å². The van der Waals surface area contributed by atoms with Crippen LogP contribution in [0.25, 0.3) is 0 Å². The number of hydrogen-bond acceptors (Lipinski definition) is 1. The largest absolute Gasteiger partial charge is 0.307 e. The van der Waals surface area contributed by atoms with Gasteiger partial charge < -0.3 is 5.32 Å². The fourth-order valence-corrected chi connectivity index (χ4v) is 2.20. The molecule has 1 heterocycles. The van der Waals surface area contributed by atoms with Crippen molar-refractivity contribution < 1.29 is 4.39 Å². The van der Waals surface area contributed by atoms with Crippen LogP contribution in [-0.4, -0.2) is 6.04 Å². The van der Waals surface area contributed by atoms with Gasteiger partial charge in [-0.25, -0.2) is 4.39 Å². The molecule has 0 bridgehead atoms. The molecule has 2 atom stereocenters. The first kappa shape index (κ1) is 10.6. The van der Waals surface area contributed by atoms with E-state index < -0.39 is 6.17 Å². The van der Waals surface area contributed by atoms with Crippen molar-refractivity contribution in [2.45, 2.75) is 44.9 Å². The molecule has 0 radical (unpaired) electrons. The minimum absolute atomic E-state index is 0.0137. The maximum absolute atomic E-state index is 14.1. The second-order valence-corrected chi connectivity index (χ2v) is 4.23. The van der Waals surface area contributed by atoms with Crippen LogP contribution in [0, 0.1) is 0 Å². The molecule has 1 aromatic carbocycles. The number of unbranched alkanes of at least 4 members (excludes halogenated alkanes) is 1. The maximum Gasteiger partial charge on any atom is 0.141 e. The summed E-state index contributed by atoms with van der Waals surface area (Å²) in [6.45, 7) is 2.95. The summed E-state index contributed by atoms with van der Waals surface area (Å²) in [5.41, 5.74) is 2.00. The molecule has 15 heavy (non-hydrogen) atoms. The molecule has 2 rings (SSSR count). The van der Waals surface area contributed by atoms with Crippen molar-refractivity contribution in [3.63, 3.8) is 0 Å². The summed E-state index contributed by atoms with van der Waals surface area (Å²) >= 11 is 0. The number of halogens is 1. The minimum Gasteiger partial charge on any atom is -0.307 e. The highest BCUT2D eigenvalue weighted by atomic mass is 19.1. The summed E-state index contributed by atoms with van der Waals surface area (Å²) in [7, 11) is 0. The summed E-state index contributed by atoms with van der Waals surface area (Å²) in [5.74, 6) is 0. The Morgan fingerprint density at radius 2 is 2.20 bits per heavy atom. The molecule has 0 spiro atoms. The Bertz CT molecular complexity index is 324. The molecule has 2 heteroatoms. The van der Waals surface area contributed by atoms with Crippen LogP contribution in [0.15, 0.2) is 24.3 Å². The number of benzene rings is 1. The van der Waals surface area contributed by atoms with Gasteiger partial charge in [-0.15, -0.1) is 0 Å². The Labute approximate surface area is 90.7 Å². The van der Waals surface area contributed by atoms with Gasteiger partial charge in [0, 0.05) is 12.6 Å². The Balaban J connectivity index is 2.11. The Hall–Kier alpha value is -0.890. The smallest absolute Gasteiger partial charge is 0.141 e. The van der Waals surface area contributed by atoms with Crippen LogP contribution >= 0.6 is 0 Å². The van der Waals surface area contributed by atoms with E-state index in [0.717, 1.165) is 36.9 Å². The molecule has 0 aromatic heterocycles. The third kappa shape index (κ3) is 2.20. The van der Waals surface area contributed by atoms with Gasteiger partial charge in [-0.1, -0.05) is 44.0 Å². The molecule has 1 aromatic rings. The zero-order valence-corrected chi connectivity index (χ0v) is 9.17. The minimum atomic E-state index is -0.832. The van der Waals surface area contributed by atoms with Gasteiger partial charge in [-0.05, 0) is 17.5 Å². The first-order valence-electron chi connectivity index (χ1n) is 5.78. The lowest BCUT2D eigenvalue weighted by Gasteiger charge is -2.29. The van der Waals surface area contributed by atoms with E-state index in [4.69, 9.17) is 0 Å². The molecule has 0 saturated carbocycles. The number of nitrogens with one attached hydrogen (secondary N) is 1. The van der Waals surface area contributed by atoms with E-state index in [1.54, 1.807) is 0 Å². The molecule has 0 aliphatic carbocycles. The van der Waals surface area contributed by atoms with Crippen LogP contribution in [0.1, 0.15) is 43.5 Å². The standard InChI is InChI=1S/C13H18FN/c1-2-3-8-12-13(14)11-7-5-4-6-10(11)9-15-12/h4-7,12-13,15H,2-3,8-9H2,1H3. The highest BCUT2D eigenvalue weighted by Gasteiger charge is 2.27. The van der Waals surface area contributed by atoms with Gasteiger partial charge in [0.15, 0.2) is 0 Å². The summed E-state index contributed by atoms with van der Waals surface area (Å²) in [6.07, 6.45) is 2.33. The molecule has 82 valence electrons. The van der Waals surface area contributed by atoms with Crippen LogP contribution in [0.5, 0.6) is 0 Å². The second kappa shape index (κ2) is 4.75. The van der Waals surface area contributed by atoms with Gasteiger partial charge in [0.2, 0.25) is 0 Å². The lowest BCUT2D eigenvalue weighted by molar-refractivity contribution is 0.222. The maximum atomic E-state index is 14.1. The first-order chi connectivity index (χ1) is 7.33. The topological polar surface area (TPSA) is 12.0 Å². The highest BCUT2D eigenvalue weighted by Crippen LogP contribution is 2.31. The third-order valence-electron chi connectivity index (χ3n) is 3.13. The van der Waals surface area contributed by atoms with Crippen LogP contribution < -0.4 is 5.32 Å². The van der Waals surface area contributed by atoms with Crippen LogP contribution in [0.2, 0.25) is 0 Å². The predicted octanol–water partition coefficient (Wildman–Crippen LogP) is 3.36. The van der Waals surface area contributed by atoms with E-state index in [2.05, 4.69) is 12.2 Å². The number of fused-ring (bicyclic) bond motifs is 1. The summed E-state index contributed by atoms with van der Waals surface area (Å²) in [5, 5.41) is 3.28. The summed E-state index contributed by atoms with van der Waals surface area (Å²) < 4.78 is 14.1. The van der Waals surface area contributed by atoms with Gasteiger partial charge in [0.1, 0.15) is 6.17 Å². The average molecular weight is 207 g/mol. The third-order valence-corrected chi connectivity index (χ3v) is 3.13. The molecular formula is C13H18FN. The van der Waals surface area contributed by atoms with Crippen LogP contribution in [0.3, 0.4) is 0 Å². The SMILES string of the molecule is CCCCC1NCc2ccccc2C1F. The van der Waals surface area contributed by atoms with Gasteiger partial charge in [0.05, 0.1) is 0 Å². The summed E-state index contributed by atoms with van der Waals surface area (Å²) in [6, 6.07) is 7.83. The molecule has 1 N–H and O–H groups in total. The molecule has 2 unspecified atom stereocenters. The van der Waals surface area contributed by atoms with Gasteiger partial charge in [0.25, 0.3) is 0 Å². The van der Waals surface area contributed by atoms with Crippen molar-refractivity contribution >= 4 is 0 Å². The monoisotopic (exact) mass is 207 g/mol. The molecule has 0 saturated heterocycles. The molecule has 0 amide bonds.